The van der Waals surface area contributed by atoms with Gasteiger partial charge < -0.3 is 19.7 Å². The highest BCUT2D eigenvalue weighted by atomic mass is 32.2. The number of sulfonamides is 1. The van der Waals surface area contributed by atoms with Gasteiger partial charge in [-0.15, -0.1) is 0 Å². The molecule has 0 saturated heterocycles. The molecule has 1 N–H and O–H groups in total. The van der Waals surface area contributed by atoms with E-state index in [4.69, 9.17) is 9.47 Å². The van der Waals surface area contributed by atoms with Crippen molar-refractivity contribution in [2.24, 2.45) is 0 Å². The lowest BCUT2D eigenvalue weighted by Crippen LogP contribution is -2.53. The van der Waals surface area contributed by atoms with Gasteiger partial charge in [-0.3, -0.25) is 13.9 Å². The Morgan fingerprint density at radius 1 is 0.860 bits per heavy atom. The number of nitrogens with one attached hydrogen (secondary N) is 1. The highest BCUT2D eigenvalue weighted by molar-refractivity contribution is 7.92. The minimum Gasteiger partial charge on any atom is -0.493 e. The molecule has 232 valence electrons. The highest BCUT2D eigenvalue weighted by Gasteiger charge is 2.34. The predicted octanol–water partition coefficient (Wildman–Crippen LogP) is 5.24. The molecule has 2 unspecified atom stereocenters. The average Bonchev–Trinajstić information content (AvgIpc) is 2.98. The highest BCUT2D eigenvalue weighted by Crippen LogP contribution is 2.33. The molecule has 43 heavy (non-hydrogen) atoms. The van der Waals surface area contributed by atoms with Crippen molar-refractivity contribution in [2.75, 3.05) is 25.1 Å². The van der Waals surface area contributed by atoms with Crippen molar-refractivity contribution in [3.05, 3.63) is 83.4 Å². The zero-order chi connectivity index (χ0) is 31.7. The molecule has 0 saturated carbocycles. The first-order valence-corrected chi connectivity index (χ1v) is 15.9. The Bertz CT molecular complexity index is 1490. The van der Waals surface area contributed by atoms with Crippen LogP contribution in [0.3, 0.4) is 0 Å². The average molecular weight is 610 g/mol. The summed E-state index contributed by atoms with van der Waals surface area (Å²) in [5.41, 5.74) is 2.86. The van der Waals surface area contributed by atoms with E-state index in [1.165, 1.54) is 37.3 Å². The zero-order valence-electron chi connectivity index (χ0n) is 26.1. The molecule has 3 rings (SSSR count). The molecule has 0 aliphatic rings. The summed E-state index contributed by atoms with van der Waals surface area (Å²) in [6, 6.07) is 18.2. The van der Waals surface area contributed by atoms with Crippen molar-refractivity contribution in [3.8, 4) is 11.5 Å². The van der Waals surface area contributed by atoms with Crippen LogP contribution in [0, 0.1) is 13.8 Å². The molecular formula is C33H43N3O6S. The maximum Gasteiger partial charge on any atom is 0.264 e. The summed E-state index contributed by atoms with van der Waals surface area (Å²) in [4.78, 5) is 29.1. The number of amides is 2. The lowest BCUT2D eigenvalue weighted by Gasteiger charge is -2.34. The Balaban J connectivity index is 2.12. The topological polar surface area (TPSA) is 105 Å². The lowest BCUT2D eigenvalue weighted by atomic mass is 10.1. The van der Waals surface area contributed by atoms with E-state index >= 15 is 0 Å². The predicted molar refractivity (Wildman–Crippen MR) is 169 cm³/mol. The van der Waals surface area contributed by atoms with Crippen LogP contribution >= 0.6 is 0 Å². The van der Waals surface area contributed by atoms with Gasteiger partial charge in [0, 0.05) is 18.7 Å². The molecule has 0 aliphatic carbocycles. The summed E-state index contributed by atoms with van der Waals surface area (Å²) in [5.74, 6) is -0.156. The molecule has 2 atom stereocenters. The molecule has 0 aromatic heterocycles. The molecule has 10 heteroatoms. The number of methoxy groups -OCH3 is 2. The number of anilines is 1. The van der Waals surface area contributed by atoms with Crippen LogP contribution in [0.2, 0.25) is 0 Å². The SMILES string of the molecule is CCC(C)NC(=O)C(CC)N(Cc1ccccc1)C(=O)CN(c1cc(C)cc(C)c1)S(=O)(=O)c1ccc(OC)c(OC)c1. The number of hydrogen-bond acceptors (Lipinski definition) is 6. The molecule has 9 nitrogen and oxygen atoms in total. The Kier molecular flexibility index (Phi) is 11.6. The molecule has 0 bridgehead atoms. The van der Waals surface area contributed by atoms with E-state index < -0.39 is 28.5 Å². The molecule has 0 heterocycles. The van der Waals surface area contributed by atoms with E-state index in [0.29, 0.717) is 17.9 Å². The standard InChI is InChI=1S/C33H43N3O6S/c1-8-25(5)34-33(38)29(9-2)35(21-26-13-11-10-12-14-26)32(37)22-36(27-18-23(3)17-24(4)19-27)43(39,40)28-15-16-30(41-6)31(20-28)42-7/h10-20,25,29H,8-9,21-22H2,1-7H3,(H,34,38). The molecule has 3 aromatic carbocycles. The molecule has 3 aromatic rings. The number of rotatable bonds is 14. The van der Waals surface area contributed by atoms with Gasteiger partial charge in [0.25, 0.3) is 10.0 Å². The second-order valence-electron chi connectivity index (χ2n) is 10.6. The van der Waals surface area contributed by atoms with E-state index in [1.807, 2.05) is 71.0 Å². The largest absolute Gasteiger partial charge is 0.493 e. The zero-order valence-corrected chi connectivity index (χ0v) is 26.9. The van der Waals surface area contributed by atoms with Gasteiger partial charge in [-0.05, 0) is 74.6 Å². The van der Waals surface area contributed by atoms with Gasteiger partial charge in [-0.1, -0.05) is 50.2 Å². The van der Waals surface area contributed by atoms with Gasteiger partial charge in [0.1, 0.15) is 12.6 Å². The number of carbonyl (C=O) groups excluding carboxylic acids is 2. The van der Waals surface area contributed by atoms with E-state index in [1.54, 1.807) is 12.1 Å². The third-order valence-corrected chi connectivity index (χ3v) is 9.07. The van der Waals surface area contributed by atoms with E-state index in [2.05, 4.69) is 5.32 Å². The smallest absolute Gasteiger partial charge is 0.264 e. The summed E-state index contributed by atoms with van der Waals surface area (Å²) < 4.78 is 40.3. The van der Waals surface area contributed by atoms with Crippen LogP contribution in [0.4, 0.5) is 5.69 Å². The van der Waals surface area contributed by atoms with Crippen LogP contribution in [-0.4, -0.2) is 58.0 Å². The van der Waals surface area contributed by atoms with Crippen LogP contribution in [0.15, 0.2) is 71.6 Å². The second-order valence-corrected chi connectivity index (χ2v) is 12.5. The van der Waals surface area contributed by atoms with Crippen LogP contribution in [0.1, 0.15) is 50.3 Å². The summed E-state index contributed by atoms with van der Waals surface area (Å²) in [6.45, 7) is 9.09. The number of nitrogens with zero attached hydrogens (tertiary/aromatic N) is 2. The van der Waals surface area contributed by atoms with Crippen LogP contribution < -0.4 is 19.1 Å². The number of aryl methyl sites for hydroxylation is 2. The molecule has 0 fully saturated rings. The monoisotopic (exact) mass is 609 g/mol. The van der Waals surface area contributed by atoms with Gasteiger partial charge >= 0.3 is 0 Å². The third-order valence-electron chi connectivity index (χ3n) is 7.30. The van der Waals surface area contributed by atoms with Crippen molar-refractivity contribution in [3.63, 3.8) is 0 Å². The Morgan fingerprint density at radius 2 is 1.49 bits per heavy atom. The van der Waals surface area contributed by atoms with Crippen LogP contribution in [-0.2, 0) is 26.2 Å². The quantitative estimate of drug-likeness (QED) is 0.268. The van der Waals surface area contributed by atoms with Crippen molar-refractivity contribution in [1.29, 1.82) is 0 Å². The second kappa shape index (κ2) is 14.9. The van der Waals surface area contributed by atoms with E-state index in [9.17, 15) is 18.0 Å². The van der Waals surface area contributed by atoms with Gasteiger partial charge in [0.05, 0.1) is 24.8 Å². The number of hydrogen-bond donors (Lipinski definition) is 1. The molecule has 0 spiro atoms. The van der Waals surface area contributed by atoms with Gasteiger partial charge in [0.2, 0.25) is 11.8 Å². The first-order chi connectivity index (χ1) is 20.4. The van der Waals surface area contributed by atoms with E-state index in [0.717, 1.165) is 27.4 Å². The lowest BCUT2D eigenvalue weighted by molar-refractivity contribution is -0.140. The summed E-state index contributed by atoms with van der Waals surface area (Å²) in [5, 5.41) is 2.99. The van der Waals surface area contributed by atoms with Crippen molar-refractivity contribution >= 4 is 27.5 Å². The third kappa shape index (κ3) is 8.28. The fraction of sp³-hybridized carbons (Fsp3) is 0.394. The van der Waals surface area contributed by atoms with E-state index in [-0.39, 0.29) is 29.1 Å². The number of ether oxygens (including phenoxy) is 2. The minimum absolute atomic E-state index is 0.0618. The van der Waals surface area contributed by atoms with Gasteiger partial charge in [0.15, 0.2) is 11.5 Å². The van der Waals surface area contributed by atoms with Crippen molar-refractivity contribution in [1.82, 2.24) is 10.2 Å². The first kappa shape index (κ1) is 33.5. The summed E-state index contributed by atoms with van der Waals surface area (Å²) in [7, 11) is -1.38. The van der Waals surface area contributed by atoms with Crippen molar-refractivity contribution < 1.29 is 27.5 Å². The Morgan fingerprint density at radius 3 is 2.05 bits per heavy atom. The number of benzene rings is 3. The molecule has 0 aliphatic heterocycles. The maximum atomic E-state index is 14.3. The fourth-order valence-corrected chi connectivity index (χ4v) is 6.28. The number of carbonyl (C=O) groups is 2. The molecule has 2 amide bonds. The summed E-state index contributed by atoms with van der Waals surface area (Å²) >= 11 is 0. The molecular weight excluding hydrogens is 566 g/mol. The minimum atomic E-state index is -4.27. The fourth-order valence-electron chi connectivity index (χ4n) is 4.87. The van der Waals surface area contributed by atoms with Gasteiger partial charge in [-0.2, -0.15) is 0 Å². The normalized spacial score (nSPS) is 12.6. The van der Waals surface area contributed by atoms with Crippen LogP contribution in [0.25, 0.3) is 0 Å². The van der Waals surface area contributed by atoms with Crippen molar-refractivity contribution in [2.45, 2.75) is 71.0 Å². The summed E-state index contributed by atoms with van der Waals surface area (Å²) in [6.07, 6.45) is 1.09. The Labute approximate surface area is 255 Å². The van der Waals surface area contributed by atoms with Gasteiger partial charge in [-0.25, -0.2) is 8.42 Å². The Hall–Kier alpha value is -4.05. The maximum absolute atomic E-state index is 14.3. The molecule has 0 radical (unpaired) electrons. The van der Waals surface area contributed by atoms with Crippen LogP contribution in [0.5, 0.6) is 11.5 Å². The first-order valence-electron chi connectivity index (χ1n) is 14.4.